The minimum absolute atomic E-state index is 0.893. The normalized spacial score (nSPS) is 12.0. The van der Waals surface area contributed by atoms with Crippen molar-refractivity contribution in [3.8, 4) is 27.9 Å². The van der Waals surface area contributed by atoms with Crippen molar-refractivity contribution >= 4 is 65.7 Å². The third-order valence-corrected chi connectivity index (χ3v) is 9.20. The van der Waals surface area contributed by atoms with E-state index in [2.05, 4.69) is 144 Å². The summed E-state index contributed by atoms with van der Waals surface area (Å²) in [5, 5.41) is 6.98. The van der Waals surface area contributed by atoms with Crippen molar-refractivity contribution in [2.45, 2.75) is 0 Å². The van der Waals surface area contributed by atoms with Crippen LogP contribution in [0.25, 0.3) is 93.6 Å². The van der Waals surface area contributed by atoms with Gasteiger partial charge in [-0.1, -0.05) is 84.9 Å². The minimum Gasteiger partial charge on any atom is -0.456 e. The summed E-state index contributed by atoms with van der Waals surface area (Å²) in [6, 6.07) is 53.8. The van der Waals surface area contributed by atoms with E-state index in [0.717, 1.165) is 49.6 Å². The summed E-state index contributed by atoms with van der Waals surface area (Å²) in [5.41, 5.74) is 11.8. The van der Waals surface area contributed by atoms with Crippen molar-refractivity contribution in [3.63, 3.8) is 0 Å². The molecule has 10 rings (SSSR count). The predicted octanol–water partition coefficient (Wildman–Crippen LogP) is 11.9. The Labute approximate surface area is 258 Å². The predicted molar refractivity (Wildman–Crippen MR) is 186 cm³/mol. The average molecular weight is 576 g/mol. The van der Waals surface area contributed by atoms with Crippen LogP contribution in [0, 0.1) is 0 Å². The molecule has 0 spiro atoms. The van der Waals surface area contributed by atoms with Crippen LogP contribution in [0.3, 0.4) is 0 Å². The molecule has 0 saturated carbocycles. The van der Waals surface area contributed by atoms with Crippen LogP contribution in [0.15, 0.2) is 160 Å². The van der Waals surface area contributed by atoms with Crippen LogP contribution in [0.4, 0.5) is 0 Å². The Kier molecular flexibility index (Phi) is 5.00. The average Bonchev–Trinajstić information content (AvgIpc) is 3.77. The molecular weight excluding hydrogens is 550 g/mol. The molecule has 0 aliphatic carbocycles. The number of benzene rings is 7. The van der Waals surface area contributed by atoms with Gasteiger partial charge in [-0.25, -0.2) is 0 Å². The molecule has 0 aliphatic heterocycles. The molecule has 45 heavy (non-hydrogen) atoms. The third-order valence-electron chi connectivity index (χ3n) is 9.20. The highest BCUT2D eigenvalue weighted by Gasteiger charge is 2.16. The van der Waals surface area contributed by atoms with Gasteiger partial charge in [0.25, 0.3) is 0 Å². The monoisotopic (exact) mass is 575 g/mol. The Hall–Kier alpha value is -6.06. The summed E-state index contributed by atoms with van der Waals surface area (Å²) in [7, 11) is 0. The van der Waals surface area contributed by atoms with E-state index in [9.17, 15) is 0 Å². The Morgan fingerprint density at radius 3 is 1.60 bits per heavy atom. The zero-order valence-electron chi connectivity index (χ0n) is 24.2. The van der Waals surface area contributed by atoms with Crippen LogP contribution < -0.4 is 0 Å². The maximum Gasteiger partial charge on any atom is 0.135 e. The molecule has 3 heterocycles. The molecule has 0 aliphatic rings. The lowest BCUT2D eigenvalue weighted by atomic mass is 10.0. The summed E-state index contributed by atoms with van der Waals surface area (Å²) in [4.78, 5) is 0. The molecule has 0 N–H and O–H groups in total. The molecule has 0 bridgehead atoms. The highest BCUT2D eigenvalue weighted by atomic mass is 16.3. The molecule has 0 saturated heterocycles. The van der Waals surface area contributed by atoms with Crippen LogP contribution in [0.1, 0.15) is 0 Å². The summed E-state index contributed by atoms with van der Waals surface area (Å²) in [6.07, 6.45) is 0. The minimum atomic E-state index is 0.893. The van der Waals surface area contributed by atoms with Gasteiger partial charge in [-0.2, -0.15) is 0 Å². The van der Waals surface area contributed by atoms with Crippen LogP contribution in [-0.2, 0) is 0 Å². The molecule has 0 radical (unpaired) electrons. The summed E-state index contributed by atoms with van der Waals surface area (Å²) in [6.45, 7) is 0. The number of furan rings is 2. The number of fused-ring (bicyclic) bond motifs is 9. The van der Waals surface area contributed by atoms with Gasteiger partial charge < -0.3 is 13.4 Å². The first-order valence-electron chi connectivity index (χ1n) is 15.3. The second-order valence-corrected chi connectivity index (χ2v) is 11.8. The highest BCUT2D eigenvalue weighted by molar-refractivity contribution is 6.12. The number of hydrogen-bond donors (Lipinski definition) is 0. The van der Waals surface area contributed by atoms with Crippen molar-refractivity contribution in [1.29, 1.82) is 0 Å². The van der Waals surface area contributed by atoms with Crippen LogP contribution in [-0.4, -0.2) is 4.57 Å². The fourth-order valence-corrected chi connectivity index (χ4v) is 7.05. The number of rotatable bonds is 3. The largest absolute Gasteiger partial charge is 0.456 e. The highest BCUT2D eigenvalue weighted by Crippen LogP contribution is 2.39. The van der Waals surface area contributed by atoms with E-state index in [-0.39, 0.29) is 0 Å². The van der Waals surface area contributed by atoms with Crippen LogP contribution in [0.5, 0.6) is 0 Å². The Bertz CT molecular complexity index is 2760. The number of para-hydroxylation sites is 2. The van der Waals surface area contributed by atoms with E-state index in [1.807, 2.05) is 12.1 Å². The molecule has 0 atom stereocenters. The van der Waals surface area contributed by atoms with Gasteiger partial charge in [-0.3, -0.25) is 0 Å². The number of aromatic nitrogens is 1. The van der Waals surface area contributed by atoms with Gasteiger partial charge in [0.15, 0.2) is 0 Å². The lowest BCUT2D eigenvalue weighted by Gasteiger charge is -2.09. The number of nitrogens with zero attached hydrogens (tertiary/aromatic N) is 1. The summed E-state index contributed by atoms with van der Waals surface area (Å²) < 4.78 is 14.8. The Morgan fingerprint density at radius 2 is 0.822 bits per heavy atom. The first-order chi connectivity index (χ1) is 22.3. The van der Waals surface area contributed by atoms with Gasteiger partial charge in [0, 0.05) is 38.0 Å². The lowest BCUT2D eigenvalue weighted by molar-refractivity contribution is 0.668. The topological polar surface area (TPSA) is 31.2 Å². The molecule has 0 amide bonds. The molecule has 3 nitrogen and oxygen atoms in total. The molecule has 3 aromatic heterocycles. The van der Waals surface area contributed by atoms with Crippen molar-refractivity contribution in [1.82, 2.24) is 4.57 Å². The van der Waals surface area contributed by atoms with Gasteiger partial charge in [0.05, 0.1) is 11.0 Å². The van der Waals surface area contributed by atoms with E-state index in [0.29, 0.717) is 0 Å². The van der Waals surface area contributed by atoms with Crippen molar-refractivity contribution in [2.24, 2.45) is 0 Å². The van der Waals surface area contributed by atoms with Gasteiger partial charge in [0.1, 0.15) is 22.3 Å². The first-order valence-corrected chi connectivity index (χ1v) is 15.3. The van der Waals surface area contributed by atoms with E-state index in [1.165, 1.54) is 44.1 Å². The lowest BCUT2D eigenvalue weighted by Crippen LogP contribution is -1.93. The quantitative estimate of drug-likeness (QED) is 0.210. The standard InChI is InChI=1S/C42H25NO2/c1-2-8-26(9-3-1)27-15-19-41-35(23-27)36-25-30(17-21-42(36)45-41)43-37-12-6-4-10-31(37)33-22-28(14-18-38(33)43)29-16-20-40-34(24-29)32-11-5-7-13-39(32)44-40/h1-25H. The molecule has 0 fully saturated rings. The molecule has 7 aromatic carbocycles. The van der Waals surface area contributed by atoms with E-state index >= 15 is 0 Å². The maximum absolute atomic E-state index is 6.29. The van der Waals surface area contributed by atoms with E-state index in [1.54, 1.807) is 0 Å². The van der Waals surface area contributed by atoms with E-state index in [4.69, 9.17) is 8.83 Å². The smallest absolute Gasteiger partial charge is 0.135 e. The fourth-order valence-electron chi connectivity index (χ4n) is 7.05. The van der Waals surface area contributed by atoms with Crippen LogP contribution >= 0.6 is 0 Å². The molecule has 3 heteroatoms. The first kappa shape index (κ1) is 24.4. The van der Waals surface area contributed by atoms with Gasteiger partial charge in [0.2, 0.25) is 0 Å². The second kappa shape index (κ2) is 9.22. The zero-order chi connectivity index (χ0) is 29.5. The molecular formula is C42H25NO2. The van der Waals surface area contributed by atoms with E-state index < -0.39 is 0 Å². The summed E-state index contributed by atoms with van der Waals surface area (Å²) >= 11 is 0. The SMILES string of the molecule is c1ccc(-c2ccc3oc4ccc(-n5c6ccccc6c6cc(-c7ccc8oc9ccccc9c8c7)ccc65)cc4c3c2)cc1. The van der Waals surface area contributed by atoms with Crippen LogP contribution in [0.2, 0.25) is 0 Å². The van der Waals surface area contributed by atoms with Gasteiger partial charge >= 0.3 is 0 Å². The molecule has 10 aromatic rings. The fraction of sp³-hybridized carbons (Fsp3) is 0. The van der Waals surface area contributed by atoms with Gasteiger partial charge in [-0.05, 0) is 89.0 Å². The van der Waals surface area contributed by atoms with Crippen molar-refractivity contribution < 1.29 is 8.83 Å². The third kappa shape index (κ3) is 3.65. The summed E-state index contributed by atoms with van der Waals surface area (Å²) in [5.74, 6) is 0. The van der Waals surface area contributed by atoms with Gasteiger partial charge in [-0.15, -0.1) is 0 Å². The Morgan fingerprint density at radius 1 is 0.311 bits per heavy atom. The number of hydrogen-bond acceptors (Lipinski definition) is 2. The molecule has 210 valence electrons. The maximum atomic E-state index is 6.29. The second-order valence-electron chi connectivity index (χ2n) is 11.8. The van der Waals surface area contributed by atoms with Crippen molar-refractivity contribution in [3.05, 3.63) is 152 Å². The Balaban J connectivity index is 1.16. The van der Waals surface area contributed by atoms with Crippen molar-refractivity contribution in [2.75, 3.05) is 0 Å². The molecule has 0 unspecified atom stereocenters. The zero-order valence-corrected chi connectivity index (χ0v) is 24.2.